The van der Waals surface area contributed by atoms with Gasteiger partial charge in [-0.3, -0.25) is 4.79 Å². The molecule has 0 fully saturated rings. The number of likely N-dealkylation sites (N-methyl/N-ethyl adjacent to an activating group) is 1. The van der Waals surface area contributed by atoms with E-state index < -0.39 is 0 Å². The van der Waals surface area contributed by atoms with Gasteiger partial charge in [0, 0.05) is 25.0 Å². The molecule has 0 radical (unpaired) electrons. The maximum atomic E-state index is 11.5. The second-order valence-electron chi connectivity index (χ2n) is 4.30. The first-order valence-electron chi connectivity index (χ1n) is 5.70. The fourth-order valence-electron chi connectivity index (χ4n) is 1.55. The van der Waals surface area contributed by atoms with Gasteiger partial charge in [0.25, 0.3) is 0 Å². The summed E-state index contributed by atoms with van der Waals surface area (Å²) in [5.41, 5.74) is 5.66. The van der Waals surface area contributed by atoms with Crippen LogP contribution in [0.1, 0.15) is 33.6 Å². The highest BCUT2D eigenvalue weighted by molar-refractivity contribution is 5.76. The molecule has 1 amide bonds. The van der Waals surface area contributed by atoms with Crippen molar-refractivity contribution in [3.8, 4) is 0 Å². The molecular weight excluding hydrogens is 190 g/mol. The maximum absolute atomic E-state index is 11.5. The molecular formula is C11H25N3O. The Morgan fingerprint density at radius 2 is 2.07 bits per heavy atom. The van der Waals surface area contributed by atoms with E-state index in [0.29, 0.717) is 13.0 Å². The van der Waals surface area contributed by atoms with Crippen molar-refractivity contribution in [1.82, 2.24) is 10.2 Å². The van der Waals surface area contributed by atoms with Crippen LogP contribution in [0.15, 0.2) is 0 Å². The zero-order valence-electron chi connectivity index (χ0n) is 10.4. The van der Waals surface area contributed by atoms with Crippen molar-refractivity contribution in [3.63, 3.8) is 0 Å². The Kier molecular flexibility index (Phi) is 7.34. The molecule has 0 heterocycles. The first-order chi connectivity index (χ1) is 7.01. The lowest BCUT2D eigenvalue weighted by atomic mass is 10.1. The molecule has 1 unspecified atom stereocenters. The van der Waals surface area contributed by atoms with Gasteiger partial charge in [0.2, 0.25) is 5.91 Å². The summed E-state index contributed by atoms with van der Waals surface area (Å²) in [5.74, 6) is 0.0865. The van der Waals surface area contributed by atoms with Crippen LogP contribution in [0.25, 0.3) is 0 Å². The van der Waals surface area contributed by atoms with Crippen LogP contribution in [0, 0.1) is 0 Å². The van der Waals surface area contributed by atoms with Gasteiger partial charge >= 0.3 is 0 Å². The third kappa shape index (κ3) is 6.47. The molecule has 0 aromatic carbocycles. The van der Waals surface area contributed by atoms with E-state index in [1.54, 1.807) is 0 Å². The fourth-order valence-corrected chi connectivity index (χ4v) is 1.55. The minimum atomic E-state index is 0.0865. The highest BCUT2D eigenvalue weighted by Crippen LogP contribution is 2.01. The number of amides is 1. The summed E-state index contributed by atoms with van der Waals surface area (Å²) in [5, 5.41) is 2.88. The number of hydrogen-bond acceptors (Lipinski definition) is 3. The Morgan fingerprint density at radius 1 is 1.47 bits per heavy atom. The number of nitrogens with one attached hydrogen (secondary N) is 1. The van der Waals surface area contributed by atoms with Crippen molar-refractivity contribution in [1.29, 1.82) is 0 Å². The van der Waals surface area contributed by atoms with Crippen molar-refractivity contribution in [2.24, 2.45) is 5.73 Å². The van der Waals surface area contributed by atoms with Crippen LogP contribution < -0.4 is 11.1 Å². The summed E-state index contributed by atoms with van der Waals surface area (Å²) in [7, 11) is 2.02. The second kappa shape index (κ2) is 7.65. The third-order valence-electron chi connectivity index (χ3n) is 2.34. The Morgan fingerprint density at radius 3 is 2.47 bits per heavy atom. The highest BCUT2D eigenvalue weighted by atomic mass is 16.1. The first-order valence-corrected chi connectivity index (χ1v) is 5.70. The summed E-state index contributed by atoms with van der Waals surface area (Å²) in [6.07, 6.45) is 1.57. The molecule has 0 aliphatic heterocycles. The van der Waals surface area contributed by atoms with E-state index in [1.165, 1.54) is 0 Å². The highest BCUT2D eigenvalue weighted by Gasteiger charge is 2.16. The van der Waals surface area contributed by atoms with Crippen LogP contribution in [0.4, 0.5) is 0 Å². The molecule has 4 nitrogen and oxygen atoms in total. The van der Waals surface area contributed by atoms with E-state index >= 15 is 0 Å². The van der Waals surface area contributed by atoms with E-state index in [-0.39, 0.29) is 18.0 Å². The van der Waals surface area contributed by atoms with Crippen LogP contribution in [0.3, 0.4) is 0 Å². The number of rotatable bonds is 7. The largest absolute Gasteiger partial charge is 0.354 e. The minimum Gasteiger partial charge on any atom is -0.354 e. The summed E-state index contributed by atoms with van der Waals surface area (Å²) in [6, 6.07) is 0.358. The maximum Gasteiger partial charge on any atom is 0.221 e. The van der Waals surface area contributed by atoms with Crippen LogP contribution in [0.2, 0.25) is 0 Å². The zero-order chi connectivity index (χ0) is 11.8. The predicted octanol–water partition coefficient (Wildman–Crippen LogP) is 0.570. The molecule has 0 spiro atoms. The lowest BCUT2D eigenvalue weighted by molar-refractivity contribution is -0.122. The van der Waals surface area contributed by atoms with Crippen molar-refractivity contribution in [3.05, 3.63) is 0 Å². The van der Waals surface area contributed by atoms with Crippen molar-refractivity contribution >= 4 is 5.91 Å². The molecule has 0 bridgehead atoms. The van der Waals surface area contributed by atoms with Gasteiger partial charge in [-0.1, -0.05) is 6.92 Å². The Labute approximate surface area is 93.2 Å². The molecule has 0 aliphatic carbocycles. The van der Waals surface area contributed by atoms with Gasteiger partial charge in [0.1, 0.15) is 0 Å². The second-order valence-corrected chi connectivity index (χ2v) is 4.30. The lowest BCUT2D eigenvalue weighted by Gasteiger charge is -2.26. The van der Waals surface area contributed by atoms with Crippen LogP contribution in [0.5, 0.6) is 0 Å². The van der Waals surface area contributed by atoms with Crippen molar-refractivity contribution in [2.75, 3.05) is 20.1 Å². The molecule has 0 saturated carbocycles. The molecule has 0 rings (SSSR count). The number of nitrogens with two attached hydrogens (primary N) is 1. The average molecular weight is 215 g/mol. The third-order valence-corrected chi connectivity index (χ3v) is 2.34. The van der Waals surface area contributed by atoms with Crippen LogP contribution in [-0.4, -0.2) is 43.0 Å². The fraction of sp³-hybridized carbons (Fsp3) is 0.909. The number of carbonyl (C=O) groups is 1. The molecule has 3 N–H and O–H groups in total. The summed E-state index contributed by atoms with van der Waals surface area (Å²) in [4.78, 5) is 13.7. The molecule has 90 valence electrons. The lowest BCUT2D eigenvalue weighted by Crippen LogP contribution is -2.43. The van der Waals surface area contributed by atoms with Gasteiger partial charge in [-0.25, -0.2) is 0 Å². The molecule has 0 aromatic rings. The average Bonchev–Trinajstić information content (AvgIpc) is 2.13. The normalized spacial score (nSPS) is 13.3. The Hall–Kier alpha value is -0.610. The van der Waals surface area contributed by atoms with E-state index in [2.05, 4.69) is 17.1 Å². The number of nitrogens with zero attached hydrogens (tertiary/aromatic N) is 1. The minimum absolute atomic E-state index is 0.0865. The summed E-state index contributed by atoms with van der Waals surface area (Å²) in [6.45, 7) is 7.56. The van der Waals surface area contributed by atoms with Crippen molar-refractivity contribution < 1.29 is 4.79 Å². The van der Waals surface area contributed by atoms with E-state index in [1.807, 2.05) is 20.9 Å². The van der Waals surface area contributed by atoms with Gasteiger partial charge in [0.15, 0.2) is 0 Å². The van der Waals surface area contributed by atoms with Gasteiger partial charge in [-0.05, 0) is 33.9 Å². The zero-order valence-corrected chi connectivity index (χ0v) is 10.4. The van der Waals surface area contributed by atoms with Crippen LogP contribution in [-0.2, 0) is 4.79 Å². The van der Waals surface area contributed by atoms with E-state index in [9.17, 15) is 4.79 Å². The quantitative estimate of drug-likeness (QED) is 0.653. The van der Waals surface area contributed by atoms with E-state index in [0.717, 1.165) is 13.0 Å². The summed E-state index contributed by atoms with van der Waals surface area (Å²) >= 11 is 0. The molecule has 15 heavy (non-hydrogen) atoms. The number of hydrogen-bond donors (Lipinski definition) is 2. The Balaban J connectivity index is 4.02. The first kappa shape index (κ1) is 14.4. The molecule has 1 atom stereocenters. The van der Waals surface area contributed by atoms with Gasteiger partial charge < -0.3 is 16.0 Å². The standard InChI is InChI=1S/C11H25N3O/c1-5-6-14(4)10(8-12)7-11(15)13-9(2)3/h9-10H,5-8,12H2,1-4H3,(H,13,15). The SMILES string of the molecule is CCCN(C)C(CN)CC(=O)NC(C)C. The smallest absolute Gasteiger partial charge is 0.221 e. The monoisotopic (exact) mass is 215 g/mol. The predicted molar refractivity (Wildman–Crippen MR) is 63.7 cm³/mol. The summed E-state index contributed by atoms with van der Waals surface area (Å²) < 4.78 is 0. The molecule has 4 heteroatoms. The van der Waals surface area contributed by atoms with Gasteiger partial charge in [-0.15, -0.1) is 0 Å². The van der Waals surface area contributed by atoms with Crippen LogP contribution >= 0.6 is 0 Å². The van der Waals surface area contributed by atoms with Gasteiger partial charge in [-0.2, -0.15) is 0 Å². The number of carbonyl (C=O) groups excluding carboxylic acids is 1. The molecule has 0 aromatic heterocycles. The topological polar surface area (TPSA) is 58.4 Å². The van der Waals surface area contributed by atoms with E-state index in [4.69, 9.17) is 5.73 Å². The molecule has 0 aliphatic rings. The Bertz CT molecular complexity index is 183. The molecule has 0 saturated heterocycles. The van der Waals surface area contributed by atoms with Gasteiger partial charge in [0.05, 0.1) is 0 Å². The van der Waals surface area contributed by atoms with Crippen molar-refractivity contribution in [2.45, 2.75) is 45.7 Å².